The van der Waals surface area contributed by atoms with Gasteiger partial charge in [0.15, 0.2) is 0 Å². The van der Waals surface area contributed by atoms with Gasteiger partial charge in [-0.15, -0.1) is 0 Å². The van der Waals surface area contributed by atoms with Crippen LogP contribution in [-0.2, 0) is 4.74 Å². The zero-order valence-electron chi connectivity index (χ0n) is 9.24. The Morgan fingerprint density at radius 2 is 2.19 bits per heavy atom. The van der Waals surface area contributed by atoms with Crippen molar-refractivity contribution in [2.24, 2.45) is 0 Å². The second-order valence-corrected chi connectivity index (χ2v) is 5.19. The molecule has 2 rings (SSSR count). The summed E-state index contributed by atoms with van der Waals surface area (Å²) in [6, 6.07) is 4.55. The van der Waals surface area contributed by atoms with Crippen molar-refractivity contribution in [2.75, 3.05) is 7.11 Å². The van der Waals surface area contributed by atoms with E-state index in [4.69, 9.17) is 9.47 Å². The molecule has 0 saturated heterocycles. The first kappa shape index (κ1) is 11.9. The maximum absolute atomic E-state index is 12.9. The van der Waals surface area contributed by atoms with E-state index in [0.29, 0.717) is 4.83 Å². The van der Waals surface area contributed by atoms with E-state index in [9.17, 15) is 4.39 Å². The van der Waals surface area contributed by atoms with Crippen LogP contribution in [0.3, 0.4) is 0 Å². The van der Waals surface area contributed by atoms with E-state index in [0.717, 1.165) is 17.7 Å². The highest BCUT2D eigenvalue weighted by Crippen LogP contribution is 2.34. The molecule has 0 aliphatic heterocycles. The van der Waals surface area contributed by atoms with E-state index in [1.807, 2.05) is 6.92 Å². The van der Waals surface area contributed by atoms with Gasteiger partial charge in [0.2, 0.25) is 0 Å². The molecule has 1 aromatic carbocycles. The first-order valence-electron chi connectivity index (χ1n) is 5.21. The number of benzene rings is 1. The predicted octanol–water partition coefficient (Wildman–Crippen LogP) is 3.06. The van der Waals surface area contributed by atoms with Crippen molar-refractivity contribution in [3.63, 3.8) is 0 Å². The minimum absolute atomic E-state index is 0.0542. The second-order valence-electron chi connectivity index (χ2n) is 4.02. The van der Waals surface area contributed by atoms with Gasteiger partial charge >= 0.3 is 0 Å². The molecule has 0 heterocycles. The largest absolute Gasteiger partial charge is 0.487 e. The molecule has 2 nitrogen and oxygen atoms in total. The standard InChI is InChI=1S/C12H14BrFO2/c1-7-5-8(14)3-4-10(7)16-11-6-9(13)12(11)15-2/h3-5,9,11-12H,6H2,1-2H3. The molecule has 0 spiro atoms. The minimum atomic E-state index is -0.236. The van der Waals surface area contributed by atoms with Crippen LogP contribution in [-0.4, -0.2) is 24.1 Å². The van der Waals surface area contributed by atoms with E-state index >= 15 is 0 Å². The molecular formula is C12H14BrFO2. The van der Waals surface area contributed by atoms with E-state index in [2.05, 4.69) is 15.9 Å². The number of alkyl halides is 1. The van der Waals surface area contributed by atoms with Crippen LogP contribution in [0.4, 0.5) is 4.39 Å². The van der Waals surface area contributed by atoms with Crippen LogP contribution in [0.2, 0.25) is 0 Å². The number of methoxy groups -OCH3 is 1. The van der Waals surface area contributed by atoms with Crippen LogP contribution in [0, 0.1) is 12.7 Å². The molecule has 1 saturated carbocycles. The molecular weight excluding hydrogens is 275 g/mol. The molecule has 1 aliphatic rings. The van der Waals surface area contributed by atoms with Crippen LogP contribution in [0.25, 0.3) is 0 Å². The van der Waals surface area contributed by atoms with E-state index in [1.165, 1.54) is 12.1 Å². The molecule has 3 atom stereocenters. The highest BCUT2D eigenvalue weighted by Gasteiger charge is 2.41. The summed E-state index contributed by atoms with van der Waals surface area (Å²) in [5.41, 5.74) is 0.813. The fourth-order valence-electron chi connectivity index (χ4n) is 1.85. The lowest BCUT2D eigenvalue weighted by molar-refractivity contribution is -0.0547. The highest BCUT2D eigenvalue weighted by atomic mass is 79.9. The lowest BCUT2D eigenvalue weighted by Gasteiger charge is -2.40. The van der Waals surface area contributed by atoms with Crippen LogP contribution in [0.1, 0.15) is 12.0 Å². The topological polar surface area (TPSA) is 18.5 Å². The molecule has 0 aromatic heterocycles. The van der Waals surface area contributed by atoms with Gasteiger partial charge in [-0.25, -0.2) is 4.39 Å². The van der Waals surface area contributed by atoms with Gasteiger partial charge in [-0.1, -0.05) is 15.9 Å². The Morgan fingerprint density at radius 3 is 2.75 bits per heavy atom. The summed E-state index contributed by atoms with van der Waals surface area (Å²) < 4.78 is 24.0. The Labute approximate surface area is 103 Å². The maximum atomic E-state index is 12.9. The predicted molar refractivity (Wildman–Crippen MR) is 63.7 cm³/mol. The van der Waals surface area contributed by atoms with Gasteiger partial charge in [-0.05, 0) is 30.7 Å². The zero-order chi connectivity index (χ0) is 11.7. The highest BCUT2D eigenvalue weighted by molar-refractivity contribution is 9.09. The van der Waals surface area contributed by atoms with E-state index < -0.39 is 0 Å². The maximum Gasteiger partial charge on any atom is 0.127 e. The van der Waals surface area contributed by atoms with Gasteiger partial charge in [-0.2, -0.15) is 0 Å². The third-order valence-electron chi connectivity index (χ3n) is 2.87. The third-order valence-corrected chi connectivity index (χ3v) is 3.76. The van der Waals surface area contributed by atoms with Crippen molar-refractivity contribution >= 4 is 15.9 Å². The Bertz CT molecular complexity index is 383. The van der Waals surface area contributed by atoms with Crippen LogP contribution in [0.5, 0.6) is 5.75 Å². The van der Waals surface area contributed by atoms with Crippen molar-refractivity contribution in [2.45, 2.75) is 30.4 Å². The van der Waals surface area contributed by atoms with Gasteiger partial charge in [0.25, 0.3) is 0 Å². The molecule has 0 N–H and O–H groups in total. The molecule has 1 aliphatic carbocycles. The third kappa shape index (κ3) is 2.23. The van der Waals surface area contributed by atoms with Crippen molar-refractivity contribution in [1.82, 2.24) is 0 Å². The number of rotatable bonds is 3. The van der Waals surface area contributed by atoms with E-state index in [-0.39, 0.29) is 18.0 Å². The number of aryl methyl sites for hydroxylation is 1. The van der Waals surface area contributed by atoms with Gasteiger partial charge in [-0.3, -0.25) is 0 Å². The smallest absolute Gasteiger partial charge is 0.127 e. The minimum Gasteiger partial charge on any atom is -0.487 e. The number of ether oxygens (including phenoxy) is 2. The number of hydrogen-bond donors (Lipinski definition) is 0. The fraction of sp³-hybridized carbons (Fsp3) is 0.500. The Hall–Kier alpha value is -0.610. The Morgan fingerprint density at radius 1 is 1.44 bits per heavy atom. The average molecular weight is 289 g/mol. The molecule has 1 aromatic rings. The number of halogens is 2. The normalized spacial score (nSPS) is 28.6. The lowest BCUT2D eigenvalue weighted by atomic mass is 9.91. The van der Waals surface area contributed by atoms with Crippen LogP contribution < -0.4 is 4.74 Å². The zero-order valence-corrected chi connectivity index (χ0v) is 10.8. The van der Waals surface area contributed by atoms with Gasteiger partial charge < -0.3 is 9.47 Å². The molecule has 0 radical (unpaired) electrons. The molecule has 3 unspecified atom stereocenters. The van der Waals surface area contributed by atoms with E-state index in [1.54, 1.807) is 13.2 Å². The molecule has 0 amide bonds. The molecule has 0 bridgehead atoms. The van der Waals surface area contributed by atoms with Crippen LogP contribution >= 0.6 is 15.9 Å². The summed E-state index contributed by atoms with van der Waals surface area (Å²) in [6.07, 6.45) is 1.04. The Balaban J connectivity index is 2.04. The lowest BCUT2D eigenvalue weighted by Crippen LogP contribution is -2.51. The summed E-state index contributed by atoms with van der Waals surface area (Å²) in [6.45, 7) is 1.84. The Kier molecular flexibility index (Phi) is 3.50. The summed E-state index contributed by atoms with van der Waals surface area (Å²) in [4.78, 5) is 0.350. The van der Waals surface area contributed by atoms with Gasteiger partial charge in [0, 0.05) is 18.4 Å². The SMILES string of the molecule is COC1C(Br)CC1Oc1ccc(F)cc1C. The molecule has 16 heavy (non-hydrogen) atoms. The van der Waals surface area contributed by atoms with Crippen molar-refractivity contribution in [3.05, 3.63) is 29.6 Å². The quantitative estimate of drug-likeness (QED) is 0.796. The van der Waals surface area contributed by atoms with Crippen molar-refractivity contribution in [3.8, 4) is 5.75 Å². The van der Waals surface area contributed by atoms with Crippen molar-refractivity contribution in [1.29, 1.82) is 0 Å². The monoisotopic (exact) mass is 288 g/mol. The first-order valence-corrected chi connectivity index (χ1v) is 6.13. The summed E-state index contributed by atoms with van der Waals surface area (Å²) >= 11 is 3.51. The summed E-state index contributed by atoms with van der Waals surface area (Å²) in [7, 11) is 1.67. The molecule has 4 heteroatoms. The second kappa shape index (κ2) is 4.72. The van der Waals surface area contributed by atoms with Gasteiger partial charge in [0.1, 0.15) is 23.8 Å². The van der Waals surface area contributed by atoms with Crippen LogP contribution in [0.15, 0.2) is 18.2 Å². The summed E-state index contributed by atoms with van der Waals surface area (Å²) in [5.74, 6) is 0.493. The average Bonchev–Trinajstić information content (AvgIpc) is 2.21. The fourth-order valence-corrected chi connectivity index (χ4v) is 2.77. The van der Waals surface area contributed by atoms with Gasteiger partial charge in [0.05, 0.1) is 0 Å². The summed E-state index contributed by atoms with van der Waals surface area (Å²) in [5, 5.41) is 0. The molecule has 88 valence electrons. The molecule has 1 fully saturated rings. The number of hydrogen-bond acceptors (Lipinski definition) is 2. The van der Waals surface area contributed by atoms with Crippen molar-refractivity contribution < 1.29 is 13.9 Å². The first-order chi connectivity index (χ1) is 7.61.